The molecule has 5 rings (SSSR count). The molecule has 2 aromatic heterocycles. The lowest BCUT2D eigenvalue weighted by Crippen LogP contribution is -2.26. The number of hydrogen-bond acceptors (Lipinski definition) is 5. The zero-order chi connectivity index (χ0) is 15.6. The van der Waals surface area contributed by atoms with Crippen molar-refractivity contribution in [2.75, 3.05) is 12.3 Å². The Hall–Kier alpha value is -3.08. The Kier molecular flexibility index (Phi) is 2.29. The highest BCUT2D eigenvalue weighted by Crippen LogP contribution is 2.33. The van der Waals surface area contributed by atoms with Gasteiger partial charge in [0.2, 0.25) is 0 Å². The number of carbonyl (C=O) groups is 1. The van der Waals surface area contributed by atoms with Crippen LogP contribution in [-0.4, -0.2) is 22.3 Å². The van der Waals surface area contributed by atoms with E-state index in [1.54, 1.807) is 6.20 Å². The maximum atomic E-state index is 12.4. The van der Waals surface area contributed by atoms with Crippen LogP contribution in [0.3, 0.4) is 0 Å². The first kappa shape index (κ1) is 12.5. The summed E-state index contributed by atoms with van der Waals surface area (Å²) in [5, 5.41) is 3.60. The summed E-state index contributed by atoms with van der Waals surface area (Å²) >= 11 is 0. The molecule has 0 atom stereocenters. The fraction of sp³-hybridized carbons (Fsp3) is 0.111. The number of nitrogens with zero attached hydrogens (tertiary/aromatic N) is 3. The number of benzene rings is 2. The molecular weight excluding hydrogens is 288 g/mol. The van der Waals surface area contributed by atoms with E-state index in [1.165, 1.54) is 0 Å². The van der Waals surface area contributed by atoms with E-state index in [1.807, 2.05) is 30.3 Å². The normalized spacial score (nSPS) is 14.3. The molecule has 2 N–H and O–H groups in total. The molecule has 5 nitrogen and oxygen atoms in total. The topological polar surface area (TPSA) is 81.2 Å². The van der Waals surface area contributed by atoms with Crippen LogP contribution in [0.25, 0.3) is 32.7 Å². The molecule has 1 aliphatic heterocycles. The van der Waals surface area contributed by atoms with Crippen LogP contribution in [0.1, 0.15) is 16.8 Å². The second-order valence-electron chi connectivity index (χ2n) is 5.75. The van der Waals surface area contributed by atoms with E-state index in [0.717, 1.165) is 21.7 Å². The van der Waals surface area contributed by atoms with Crippen molar-refractivity contribution in [1.82, 2.24) is 9.97 Å². The number of rotatable bonds is 0. The third-order valence-electron chi connectivity index (χ3n) is 4.49. The van der Waals surface area contributed by atoms with Gasteiger partial charge < -0.3 is 5.73 Å². The van der Waals surface area contributed by atoms with E-state index < -0.39 is 0 Å². The van der Waals surface area contributed by atoms with Crippen molar-refractivity contribution < 1.29 is 4.79 Å². The van der Waals surface area contributed by atoms with Crippen LogP contribution in [-0.2, 0) is 0 Å². The van der Waals surface area contributed by atoms with Crippen LogP contribution >= 0.6 is 0 Å². The third kappa shape index (κ3) is 1.51. The lowest BCUT2D eigenvalue weighted by Gasteiger charge is -2.16. The number of hydrogen-bond donors (Lipinski definition) is 1. The van der Waals surface area contributed by atoms with E-state index in [2.05, 4.69) is 9.98 Å². The molecule has 1 aliphatic rings. The van der Waals surface area contributed by atoms with Crippen LogP contribution in [0.4, 0.5) is 5.69 Å². The number of Topliss-reactive ketones (excluding diaryl/α,β-unsaturated/α-hetero) is 1. The van der Waals surface area contributed by atoms with Crippen LogP contribution in [0.5, 0.6) is 0 Å². The number of carbonyl (C=O) groups excluding carboxylic acids is 1. The van der Waals surface area contributed by atoms with Crippen molar-refractivity contribution >= 4 is 44.2 Å². The van der Waals surface area contributed by atoms with Crippen LogP contribution in [0.15, 0.2) is 41.5 Å². The second-order valence-corrected chi connectivity index (χ2v) is 5.75. The molecule has 0 saturated heterocycles. The van der Waals surface area contributed by atoms with Gasteiger partial charge in [0, 0.05) is 29.9 Å². The number of nitrogen functional groups attached to an aromatic ring is 1. The summed E-state index contributed by atoms with van der Waals surface area (Å²) in [5.74, 6) is 0.0203. The van der Waals surface area contributed by atoms with Gasteiger partial charge in [0.1, 0.15) is 0 Å². The molecule has 0 unspecified atom stereocenters. The average Bonchev–Trinajstić information content (AvgIpc) is 2.59. The minimum atomic E-state index is 0.0203. The summed E-state index contributed by atoms with van der Waals surface area (Å²) < 4.78 is 0. The summed E-state index contributed by atoms with van der Waals surface area (Å²) in [5.41, 5.74) is 9.45. The summed E-state index contributed by atoms with van der Waals surface area (Å²) in [6.07, 6.45) is 2.15. The molecular formula is C18H12N4O. The van der Waals surface area contributed by atoms with Crippen molar-refractivity contribution in [3.05, 3.63) is 47.4 Å². The van der Waals surface area contributed by atoms with Crippen LogP contribution < -0.4 is 11.1 Å². The molecule has 3 heterocycles. The van der Waals surface area contributed by atoms with Crippen molar-refractivity contribution in [3.8, 4) is 0 Å². The van der Waals surface area contributed by atoms with Crippen molar-refractivity contribution in [2.45, 2.75) is 6.42 Å². The number of nitrogens with two attached hydrogens (primary N) is 1. The number of anilines is 1. The predicted octanol–water partition coefficient (Wildman–Crippen LogP) is 2.44. The van der Waals surface area contributed by atoms with Gasteiger partial charge in [0.15, 0.2) is 5.78 Å². The number of pyridine rings is 2. The van der Waals surface area contributed by atoms with Gasteiger partial charge in [-0.1, -0.05) is 18.2 Å². The zero-order valence-electron chi connectivity index (χ0n) is 12.2. The Labute approximate surface area is 130 Å². The molecule has 4 aromatic rings. The molecule has 0 spiro atoms. The lowest BCUT2D eigenvalue weighted by atomic mass is 9.95. The minimum Gasteiger partial charge on any atom is -0.396 e. The monoisotopic (exact) mass is 300 g/mol. The molecule has 0 saturated carbocycles. The zero-order valence-corrected chi connectivity index (χ0v) is 12.2. The van der Waals surface area contributed by atoms with Gasteiger partial charge in [-0.3, -0.25) is 14.8 Å². The van der Waals surface area contributed by atoms with Gasteiger partial charge in [-0.05, 0) is 17.5 Å². The van der Waals surface area contributed by atoms with Crippen LogP contribution in [0.2, 0.25) is 0 Å². The smallest absolute Gasteiger partial charge is 0.169 e. The van der Waals surface area contributed by atoms with Gasteiger partial charge in [-0.2, -0.15) is 0 Å². The molecule has 0 radical (unpaired) electrons. The lowest BCUT2D eigenvalue weighted by molar-refractivity contribution is 0.0981. The first-order chi connectivity index (χ1) is 11.3. The Bertz CT molecular complexity index is 1200. The molecule has 2 aromatic carbocycles. The number of aromatic nitrogens is 2. The van der Waals surface area contributed by atoms with E-state index in [0.29, 0.717) is 40.6 Å². The van der Waals surface area contributed by atoms with Gasteiger partial charge >= 0.3 is 0 Å². The molecule has 0 bridgehead atoms. The first-order valence-electron chi connectivity index (χ1n) is 7.51. The molecule has 0 aliphatic carbocycles. The number of para-hydroxylation sites is 1. The molecule has 5 heteroatoms. The summed E-state index contributed by atoms with van der Waals surface area (Å²) in [6.45, 7) is 0.485. The van der Waals surface area contributed by atoms with Gasteiger partial charge in [0.05, 0.1) is 33.2 Å². The van der Waals surface area contributed by atoms with Gasteiger partial charge in [-0.15, -0.1) is 0 Å². The predicted molar refractivity (Wildman–Crippen MR) is 89.5 cm³/mol. The highest BCUT2D eigenvalue weighted by molar-refractivity contribution is 6.23. The standard InChI is InChI=1S/C18H12N4O/c19-15-14-12(23)6-8-21-18(14)17-13-10(5-7-20-17)9-3-1-2-4-11(9)22-16(13)15/h1-5,7H,6,8,19H2. The SMILES string of the molecule is Nc1c2c(c3nccc4c5ccccc5nc1c34)=NCCC2=O. The Morgan fingerprint density at radius 2 is 1.91 bits per heavy atom. The molecule has 23 heavy (non-hydrogen) atoms. The first-order valence-corrected chi connectivity index (χ1v) is 7.51. The highest BCUT2D eigenvalue weighted by atomic mass is 16.1. The Morgan fingerprint density at radius 3 is 2.83 bits per heavy atom. The summed E-state index contributed by atoms with van der Waals surface area (Å²) in [4.78, 5) is 26.1. The molecule has 0 fully saturated rings. The van der Waals surface area contributed by atoms with Crippen LogP contribution in [0, 0.1) is 0 Å². The quantitative estimate of drug-likeness (QED) is 0.307. The average molecular weight is 300 g/mol. The third-order valence-corrected chi connectivity index (χ3v) is 4.49. The van der Waals surface area contributed by atoms with Gasteiger partial charge in [0.25, 0.3) is 0 Å². The Balaban J connectivity index is 2.18. The summed E-state index contributed by atoms with van der Waals surface area (Å²) in [6, 6.07) is 9.89. The fourth-order valence-corrected chi connectivity index (χ4v) is 3.47. The van der Waals surface area contributed by atoms with E-state index in [4.69, 9.17) is 10.7 Å². The highest BCUT2D eigenvalue weighted by Gasteiger charge is 2.23. The maximum Gasteiger partial charge on any atom is 0.169 e. The van der Waals surface area contributed by atoms with E-state index >= 15 is 0 Å². The second kappa shape index (κ2) is 4.23. The van der Waals surface area contributed by atoms with E-state index in [9.17, 15) is 4.79 Å². The summed E-state index contributed by atoms with van der Waals surface area (Å²) in [7, 11) is 0. The molecule has 0 amide bonds. The number of fused-ring (bicyclic) bond motifs is 4. The van der Waals surface area contributed by atoms with Crippen molar-refractivity contribution in [3.63, 3.8) is 0 Å². The van der Waals surface area contributed by atoms with E-state index in [-0.39, 0.29) is 5.78 Å². The maximum absolute atomic E-state index is 12.4. The number of ketones is 1. The van der Waals surface area contributed by atoms with Crippen molar-refractivity contribution in [2.24, 2.45) is 4.99 Å². The largest absolute Gasteiger partial charge is 0.396 e. The Morgan fingerprint density at radius 1 is 1.04 bits per heavy atom. The van der Waals surface area contributed by atoms with Crippen molar-refractivity contribution in [1.29, 1.82) is 0 Å². The molecule has 110 valence electrons. The fourth-order valence-electron chi connectivity index (χ4n) is 3.47. The minimum absolute atomic E-state index is 0.0203. The van der Waals surface area contributed by atoms with Gasteiger partial charge in [-0.25, -0.2) is 4.98 Å².